The van der Waals surface area contributed by atoms with E-state index in [0.29, 0.717) is 5.57 Å². The maximum Gasteiger partial charge on any atom is 0.337 e. The summed E-state index contributed by atoms with van der Waals surface area (Å²) < 4.78 is 0. The molecular weight excluding hydrogens is 388 g/mol. The Bertz CT molecular complexity index is 1050. The third kappa shape index (κ3) is 5.05. The monoisotopic (exact) mass is 416 g/mol. The molecule has 0 atom stereocenters. The van der Waals surface area contributed by atoms with E-state index in [4.69, 9.17) is 10.8 Å². The van der Waals surface area contributed by atoms with Crippen molar-refractivity contribution in [3.05, 3.63) is 77.4 Å². The summed E-state index contributed by atoms with van der Waals surface area (Å²) in [6.07, 6.45) is 5.55. The summed E-state index contributed by atoms with van der Waals surface area (Å²) in [5.41, 5.74) is 9.12. The average Bonchev–Trinajstić information content (AvgIpc) is 3.30. The molecule has 1 aliphatic heterocycles. The van der Waals surface area contributed by atoms with Gasteiger partial charge in [0.15, 0.2) is 0 Å². The first kappa shape index (κ1) is 22.3. The molecule has 2 aliphatic rings. The largest absolute Gasteiger partial charge is 0.478 e. The number of hydrogen-bond donors (Lipinski definition) is 4. The highest BCUT2D eigenvalue weighted by atomic mass is 16.4. The fraction of sp³-hybridized carbons (Fsp3) is 0.240. The summed E-state index contributed by atoms with van der Waals surface area (Å²) >= 11 is 0. The molecule has 0 bridgehead atoms. The molecule has 1 saturated heterocycles. The van der Waals surface area contributed by atoms with E-state index in [1.807, 2.05) is 24.3 Å². The molecule has 4 rings (SSSR count). The van der Waals surface area contributed by atoms with Gasteiger partial charge in [-0.05, 0) is 73.0 Å². The molecule has 5 N–H and O–H groups in total. The first-order valence-corrected chi connectivity index (χ1v) is 10.4. The van der Waals surface area contributed by atoms with E-state index in [1.165, 1.54) is 37.1 Å². The van der Waals surface area contributed by atoms with Crippen LogP contribution in [0.4, 0.5) is 0 Å². The van der Waals surface area contributed by atoms with Gasteiger partial charge in [0.2, 0.25) is 0 Å². The van der Waals surface area contributed by atoms with Crippen LogP contribution in [0.3, 0.4) is 0 Å². The van der Waals surface area contributed by atoms with Crippen molar-refractivity contribution in [2.45, 2.75) is 19.4 Å². The third-order valence-corrected chi connectivity index (χ3v) is 5.51. The molecule has 6 heteroatoms. The van der Waals surface area contributed by atoms with Gasteiger partial charge in [-0.3, -0.25) is 15.7 Å². The number of allylic oxidation sites excluding steroid dienone is 3. The lowest BCUT2D eigenvalue weighted by Crippen LogP contribution is -2.21. The van der Waals surface area contributed by atoms with E-state index in [2.05, 4.69) is 34.9 Å². The maximum atomic E-state index is 11.4. The van der Waals surface area contributed by atoms with Crippen LogP contribution in [0.5, 0.6) is 0 Å². The summed E-state index contributed by atoms with van der Waals surface area (Å²) in [7, 11) is 1.50. The van der Waals surface area contributed by atoms with Gasteiger partial charge >= 0.3 is 5.97 Å². The van der Waals surface area contributed by atoms with Crippen molar-refractivity contribution in [1.82, 2.24) is 4.90 Å². The molecule has 1 fully saturated rings. The van der Waals surface area contributed by atoms with Gasteiger partial charge in [0.25, 0.3) is 0 Å². The molecular formula is C25H28N4O2. The van der Waals surface area contributed by atoms with Crippen LogP contribution in [-0.4, -0.2) is 47.5 Å². The van der Waals surface area contributed by atoms with Gasteiger partial charge in [-0.25, -0.2) is 4.79 Å². The minimum absolute atomic E-state index is 0.0834. The second-order valence-electron chi connectivity index (χ2n) is 7.47. The lowest BCUT2D eigenvalue weighted by Gasteiger charge is -2.18. The summed E-state index contributed by atoms with van der Waals surface area (Å²) in [5.74, 6) is -1.18. The van der Waals surface area contributed by atoms with Gasteiger partial charge in [-0.15, -0.1) is 0 Å². The smallest absolute Gasteiger partial charge is 0.337 e. The molecule has 2 aromatic carbocycles. The van der Waals surface area contributed by atoms with Crippen LogP contribution < -0.4 is 5.73 Å². The lowest BCUT2D eigenvalue weighted by atomic mass is 9.90. The second kappa shape index (κ2) is 10.1. The fourth-order valence-corrected chi connectivity index (χ4v) is 3.94. The summed E-state index contributed by atoms with van der Waals surface area (Å²) in [5, 5.41) is 25.0. The first-order valence-electron chi connectivity index (χ1n) is 10.4. The molecule has 1 aliphatic carbocycles. The molecule has 6 nitrogen and oxygen atoms in total. The van der Waals surface area contributed by atoms with Crippen molar-refractivity contribution in [1.29, 1.82) is 10.8 Å². The van der Waals surface area contributed by atoms with Gasteiger partial charge in [-0.1, -0.05) is 48.5 Å². The van der Waals surface area contributed by atoms with Crippen LogP contribution in [0, 0.1) is 10.8 Å². The third-order valence-electron chi connectivity index (χ3n) is 5.51. The summed E-state index contributed by atoms with van der Waals surface area (Å²) in [6, 6.07) is 16.4. The minimum atomic E-state index is -1.18. The Kier molecular flexibility index (Phi) is 7.28. The number of carbonyl (C=O) groups is 1. The van der Waals surface area contributed by atoms with Crippen molar-refractivity contribution in [2.24, 2.45) is 5.73 Å². The molecule has 0 saturated carbocycles. The Labute approximate surface area is 182 Å². The quantitative estimate of drug-likeness (QED) is 0.552. The van der Waals surface area contributed by atoms with E-state index in [1.54, 1.807) is 6.08 Å². The number of carboxylic acid groups (broad SMARTS) is 1. The second-order valence-corrected chi connectivity index (χ2v) is 7.47. The Hall–Kier alpha value is -3.35. The highest BCUT2D eigenvalue weighted by molar-refractivity contribution is 6.56. The van der Waals surface area contributed by atoms with Crippen LogP contribution in [0.1, 0.15) is 24.0 Å². The molecule has 0 aromatic heterocycles. The maximum absolute atomic E-state index is 11.4. The number of hydrogen-bond acceptors (Lipinski definition) is 5. The van der Waals surface area contributed by atoms with Crippen molar-refractivity contribution >= 4 is 23.0 Å². The highest BCUT2D eigenvalue weighted by Crippen LogP contribution is 2.29. The zero-order valence-electron chi connectivity index (χ0n) is 17.7. The van der Waals surface area contributed by atoms with Gasteiger partial charge < -0.3 is 10.8 Å². The molecule has 0 spiro atoms. The van der Waals surface area contributed by atoms with E-state index in [0.717, 1.165) is 30.8 Å². The van der Waals surface area contributed by atoms with E-state index in [9.17, 15) is 9.90 Å². The lowest BCUT2D eigenvalue weighted by molar-refractivity contribution is -0.132. The normalized spacial score (nSPS) is 16.3. The number of aliphatic carboxylic acids is 1. The van der Waals surface area contributed by atoms with Crippen LogP contribution >= 0.6 is 0 Å². The zero-order valence-corrected chi connectivity index (χ0v) is 17.7. The molecule has 31 heavy (non-hydrogen) atoms. The summed E-state index contributed by atoms with van der Waals surface area (Å²) in [4.78, 5) is 13.9. The summed E-state index contributed by atoms with van der Waals surface area (Å²) in [6.45, 7) is 3.26. The number of likely N-dealkylation sites (tertiary alicyclic amines) is 1. The van der Waals surface area contributed by atoms with E-state index >= 15 is 0 Å². The number of carboxylic acids is 1. The van der Waals surface area contributed by atoms with Crippen molar-refractivity contribution in [3.8, 4) is 11.1 Å². The predicted octanol–water partition coefficient (Wildman–Crippen LogP) is 3.97. The standard InChI is InChI=1S/C24H23N3O2.CH5N/c25-22-14-19(13-21(23(22)26)24(28)29)16-7-9-17(10-8-16)20-6-2-1-5-18(20)15-27-11-3-4-12-27;1-2/h1-2,5-10,13-14,25-26H,3-4,11-12,15H2,(H,28,29);2H2,1H3. The van der Waals surface area contributed by atoms with Crippen LogP contribution in [-0.2, 0) is 11.3 Å². The van der Waals surface area contributed by atoms with Crippen molar-refractivity contribution in [3.63, 3.8) is 0 Å². The van der Waals surface area contributed by atoms with Crippen molar-refractivity contribution < 1.29 is 9.90 Å². The topological polar surface area (TPSA) is 114 Å². The molecule has 1 heterocycles. The molecule has 0 amide bonds. The Morgan fingerprint density at radius 2 is 1.58 bits per heavy atom. The molecule has 2 aromatic rings. The molecule has 160 valence electrons. The Morgan fingerprint density at radius 1 is 0.968 bits per heavy atom. The number of nitrogens with two attached hydrogens (primary N) is 1. The minimum Gasteiger partial charge on any atom is -0.478 e. The van der Waals surface area contributed by atoms with Crippen LogP contribution in [0.2, 0.25) is 0 Å². The fourth-order valence-electron chi connectivity index (χ4n) is 3.94. The van der Waals surface area contributed by atoms with Gasteiger partial charge in [-0.2, -0.15) is 0 Å². The first-order chi connectivity index (χ1) is 15.0. The number of nitrogens with zero attached hydrogens (tertiary/aromatic N) is 1. The van der Waals surface area contributed by atoms with Gasteiger partial charge in [0.1, 0.15) is 0 Å². The molecule has 0 radical (unpaired) electrons. The number of benzene rings is 2. The molecule has 0 unspecified atom stereocenters. The van der Waals surface area contributed by atoms with Gasteiger partial charge in [0, 0.05) is 6.54 Å². The Balaban J connectivity index is 0.00000132. The van der Waals surface area contributed by atoms with Crippen molar-refractivity contribution in [2.75, 3.05) is 20.1 Å². The van der Waals surface area contributed by atoms with Crippen LogP contribution in [0.25, 0.3) is 16.7 Å². The van der Waals surface area contributed by atoms with E-state index < -0.39 is 5.97 Å². The predicted molar refractivity (Wildman–Crippen MR) is 126 cm³/mol. The van der Waals surface area contributed by atoms with Crippen LogP contribution in [0.15, 0.2) is 66.3 Å². The van der Waals surface area contributed by atoms with Gasteiger partial charge in [0.05, 0.1) is 17.0 Å². The van der Waals surface area contributed by atoms with E-state index in [-0.39, 0.29) is 17.0 Å². The Morgan fingerprint density at radius 3 is 2.23 bits per heavy atom. The SMILES string of the molecule is CN.N=C1C=C(c2ccc(-c3ccccc3CN3CCCC3)cc2)C=C(C(=O)O)C1=N. The number of rotatable bonds is 5. The average molecular weight is 417 g/mol. The number of nitrogens with one attached hydrogen (secondary N) is 2. The highest BCUT2D eigenvalue weighted by Gasteiger charge is 2.22. The zero-order chi connectivity index (χ0) is 22.4.